The fourth-order valence-electron chi connectivity index (χ4n) is 3.54. The highest BCUT2D eigenvalue weighted by Gasteiger charge is 2.22. The molecule has 4 rings (SSSR count). The summed E-state index contributed by atoms with van der Waals surface area (Å²) >= 11 is 0. The molecule has 6 heteroatoms. The van der Waals surface area contributed by atoms with Gasteiger partial charge in [-0.2, -0.15) is 0 Å². The van der Waals surface area contributed by atoms with Crippen LogP contribution in [-0.4, -0.2) is 55.2 Å². The number of rotatable bonds is 3. The molecule has 0 radical (unpaired) electrons. The van der Waals surface area contributed by atoms with Crippen LogP contribution in [0, 0.1) is 5.82 Å². The topological polar surface area (TPSA) is 42.0 Å². The number of halogens is 1. The second-order valence-electron chi connectivity index (χ2n) is 6.92. The molecule has 1 fully saturated rings. The number of ether oxygens (including phenoxy) is 2. The third-order valence-electron chi connectivity index (χ3n) is 4.97. The number of carbonyl (C=O) groups is 1. The molecule has 0 bridgehead atoms. The number of carbonyl (C=O) groups excluding carboxylic acids is 1. The number of amides is 1. The van der Waals surface area contributed by atoms with Crippen molar-refractivity contribution in [1.29, 1.82) is 0 Å². The van der Waals surface area contributed by atoms with E-state index in [-0.39, 0.29) is 5.91 Å². The molecule has 0 unspecified atom stereocenters. The Kier molecular flexibility index (Phi) is 5.36. The Morgan fingerprint density at radius 2 is 1.89 bits per heavy atom. The third-order valence-corrected chi connectivity index (χ3v) is 4.97. The van der Waals surface area contributed by atoms with E-state index in [1.165, 1.54) is 17.7 Å². The molecular weight excluding hydrogens is 347 g/mol. The average molecular weight is 370 g/mol. The number of fused-ring (bicyclic) bond motifs is 1. The van der Waals surface area contributed by atoms with Gasteiger partial charge in [0.15, 0.2) is 0 Å². The van der Waals surface area contributed by atoms with Gasteiger partial charge in [0.2, 0.25) is 0 Å². The summed E-state index contributed by atoms with van der Waals surface area (Å²) in [5.41, 5.74) is 2.55. The first-order valence-electron chi connectivity index (χ1n) is 9.28. The van der Waals surface area contributed by atoms with Crippen molar-refractivity contribution in [3.8, 4) is 5.75 Å². The molecule has 2 aromatic rings. The van der Waals surface area contributed by atoms with Crippen molar-refractivity contribution < 1.29 is 18.7 Å². The van der Waals surface area contributed by atoms with Gasteiger partial charge in [0.1, 0.15) is 18.2 Å². The normalized spacial score (nSPS) is 17.7. The molecule has 2 heterocycles. The molecule has 0 spiro atoms. The summed E-state index contributed by atoms with van der Waals surface area (Å²) in [6.07, 6.45) is 0. The van der Waals surface area contributed by atoms with Gasteiger partial charge in [0.25, 0.3) is 5.91 Å². The van der Waals surface area contributed by atoms with E-state index in [1.54, 1.807) is 17.0 Å². The van der Waals surface area contributed by atoms with Crippen molar-refractivity contribution in [3.05, 3.63) is 65.0 Å². The van der Waals surface area contributed by atoms with Crippen LogP contribution < -0.4 is 4.74 Å². The number of benzene rings is 2. The summed E-state index contributed by atoms with van der Waals surface area (Å²) in [7, 11) is 0. The van der Waals surface area contributed by atoms with Gasteiger partial charge in [-0.1, -0.05) is 12.1 Å². The molecule has 0 atom stereocenters. The summed E-state index contributed by atoms with van der Waals surface area (Å²) < 4.78 is 24.7. The molecule has 0 aromatic heterocycles. The highest BCUT2D eigenvalue weighted by Crippen LogP contribution is 2.26. The van der Waals surface area contributed by atoms with Crippen LogP contribution in [0.1, 0.15) is 21.5 Å². The first kappa shape index (κ1) is 17.9. The zero-order valence-electron chi connectivity index (χ0n) is 15.2. The van der Waals surface area contributed by atoms with Crippen LogP contribution in [0.25, 0.3) is 0 Å². The summed E-state index contributed by atoms with van der Waals surface area (Å²) in [6, 6.07) is 12.0. The molecule has 2 aliphatic heterocycles. The van der Waals surface area contributed by atoms with Crippen LogP contribution >= 0.6 is 0 Å². The second-order valence-corrected chi connectivity index (χ2v) is 6.92. The molecule has 1 amide bonds. The van der Waals surface area contributed by atoms with Crippen LogP contribution in [0.5, 0.6) is 5.75 Å². The molecule has 2 aliphatic rings. The zero-order valence-corrected chi connectivity index (χ0v) is 15.2. The molecule has 1 saturated heterocycles. The second kappa shape index (κ2) is 8.06. The molecule has 27 heavy (non-hydrogen) atoms. The standard InChI is InChI=1S/C21H23FN2O3/c22-19-3-1-2-17(13-19)21(25)24-8-11-27-20-5-4-16(12-18(20)15-24)14-23-6-9-26-10-7-23/h1-5,12-13H,6-11,14-15H2. The van der Waals surface area contributed by atoms with E-state index in [4.69, 9.17) is 9.47 Å². The van der Waals surface area contributed by atoms with E-state index >= 15 is 0 Å². The Bertz CT molecular complexity index is 821. The molecule has 142 valence electrons. The lowest BCUT2D eigenvalue weighted by atomic mass is 10.1. The van der Waals surface area contributed by atoms with E-state index in [1.807, 2.05) is 6.07 Å². The summed E-state index contributed by atoms with van der Waals surface area (Å²) in [5.74, 6) is 0.236. The SMILES string of the molecule is O=C(c1cccc(F)c1)N1CCOc2ccc(CN3CCOCC3)cc2C1. The number of hydrogen-bond donors (Lipinski definition) is 0. The van der Waals surface area contributed by atoms with Crippen molar-refractivity contribution in [3.63, 3.8) is 0 Å². The Balaban J connectivity index is 1.51. The van der Waals surface area contributed by atoms with Crippen LogP contribution in [-0.2, 0) is 17.8 Å². The molecule has 0 N–H and O–H groups in total. The van der Waals surface area contributed by atoms with Crippen LogP contribution in [0.15, 0.2) is 42.5 Å². The fourth-order valence-corrected chi connectivity index (χ4v) is 3.54. The molecule has 5 nitrogen and oxygen atoms in total. The Labute approximate surface area is 158 Å². The minimum atomic E-state index is -0.403. The zero-order chi connectivity index (χ0) is 18.6. The number of hydrogen-bond acceptors (Lipinski definition) is 4. The predicted molar refractivity (Wildman–Crippen MR) is 99.2 cm³/mol. The molecular formula is C21H23FN2O3. The third kappa shape index (κ3) is 4.28. The fraction of sp³-hybridized carbons (Fsp3) is 0.381. The van der Waals surface area contributed by atoms with Gasteiger partial charge in [-0.3, -0.25) is 9.69 Å². The Morgan fingerprint density at radius 1 is 1.04 bits per heavy atom. The van der Waals surface area contributed by atoms with Crippen LogP contribution in [0.4, 0.5) is 4.39 Å². The van der Waals surface area contributed by atoms with E-state index in [0.717, 1.165) is 44.2 Å². The highest BCUT2D eigenvalue weighted by molar-refractivity contribution is 5.94. The van der Waals surface area contributed by atoms with Crippen molar-refractivity contribution in [2.24, 2.45) is 0 Å². The lowest BCUT2D eigenvalue weighted by Crippen LogP contribution is -2.35. The summed E-state index contributed by atoms with van der Waals surface area (Å²) in [5, 5.41) is 0. The predicted octanol–water partition coefficient (Wildman–Crippen LogP) is 2.69. The molecule has 2 aromatic carbocycles. The van der Waals surface area contributed by atoms with Gasteiger partial charge >= 0.3 is 0 Å². The lowest BCUT2D eigenvalue weighted by molar-refractivity contribution is 0.0341. The van der Waals surface area contributed by atoms with Crippen LogP contribution in [0.2, 0.25) is 0 Å². The monoisotopic (exact) mass is 370 g/mol. The minimum absolute atomic E-state index is 0.176. The van der Waals surface area contributed by atoms with E-state index in [2.05, 4.69) is 17.0 Å². The van der Waals surface area contributed by atoms with Gasteiger partial charge < -0.3 is 14.4 Å². The van der Waals surface area contributed by atoms with E-state index < -0.39 is 5.82 Å². The van der Waals surface area contributed by atoms with E-state index in [0.29, 0.717) is 25.3 Å². The number of nitrogens with zero attached hydrogens (tertiary/aromatic N) is 2. The largest absolute Gasteiger partial charge is 0.491 e. The quantitative estimate of drug-likeness (QED) is 0.833. The van der Waals surface area contributed by atoms with Crippen molar-refractivity contribution >= 4 is 5.91 Å². The van der Waals surface area contributed by atoms with Crippen molar-refractivity contribution in [2.45, 2.75) is 13.1 Å². The summed E-state index contributed by atoms with van der Waals surface area (Å²) in [4.78, 5) is 16.9. The lowest BCUT2D eigenvalue weighted by Gasteiger charge is -2.27. The van der Waals surface area contributed by atoms with E-state index in [9.17, 15) is 9.18 Å². The Hall–Kier alpha value is -2.44. The van der Waals surface area contributed by atoms with Gasteiger partial charge in [-0.25, -0.2) is 4.39 Å². The molecule has 0 aliphatic carbocycles. The first-order valence-corrected chi connectivity index (χ1v) is 9.28. The van der Waals surface area contributed by atoms with Gasteiger partial charge in [-0.05, 0) is 35.9 Å². The van der Waals surface area contributed by atoms with Crippen LogP contribution in [0.3, 0.4) is 0 Å². The Morgan fingerprint density at radius 3 is 2.70 bits per heavy atom. The smallest absolute Gasteiger partial charge is 0.254 e. The van der Waals surface area contributed by atoms with Crippen molar-refractivity contribution in [1.82, 2.24) is 9.80 Å². The summed E-state index contributed by atoms with van der Waals surface area (Å²) in [6.45, 7) is 5.61. The number of morpholine rings is 1. The first-order chi connectivity index (χ1) is 13.2. The maximum atomic E-state index is 13.5. The molecule has 0 saturated carbocycles. The minimum Gasteiger partial charge on any atom is -0.491 e. The van der Waals surface area contributed by atoms with Gasteiger partial charge in [0, 0.05) is 37.3 Å². The van der Waals surface area contributed by atoms with Crippen molar-refractivity contribution in [2.75, 3.05) is 39.5 Å². The van der Waals surface area contributed by atoms with Gasteiger partial charge in [-0.15, -0.1) is 0 Å². The average Bonchev–Trinajstić information content (AvgIpc) is 2.90. The maximum absolute atomic E-state index is 13.5. The highest BCUT2D eigenvalue weighted by atomic mass is 19.1. The van der Waals surface area contributed by atoms with Gasteiger partial charge in [0.05, 0.1) is 19.8 Å². The maximum Gasteiger partial charge on any atom is 0.254 e.